The van der Waals surface area contributed by atoms with Crippen LogP contribution >= 0.6 is 0 Å². The first-order chi connectivity index (χ1) is 7.72. The minimum absolute atomic E-state index is 0.351. The van der Waals surface area contributed by atoms with Gasteiger partial charge in [0.2, 0.25) is 0 Å². The van der Waals surface area contributed by atoms with Crippen molar-refractivity contribution in [2.75, 3.05) is 13.1 Å². The van der Waals surface area contributed by atoms with Gasteiger partial charge < -0.3 is 5.11 Å². The molecule has 0 radical (unpaired) electrons. The van der Waals surface area contributed by atoms with Crippen molar-refractivity contribution in [1.82, 2.24) is 4.90 Å². The summed E-state index contributed by atoms with van der Waals surface area (Å²) in [6, 6.07) is 0.351. The van der Waals surface area contributed by atoms with Crippen molar-refractivity contribution in [3.05, 3.63) is 12.7 Å². The van der Waals surface area contributed by atoms with E-state index >= 15 is 0 Å². The SMILES string of the molecule is C=CCN1CCC2CCCCC2(O)C1CC. The second-order valence-electron chi connectivity index (χ2n) is 5.43. The van der Waals surface area contributed by atoms with E-state index in [0.717, 1.165) is 25.9 Å². The van der Waals surface area contributed by atoms with Gasteiger partial charge in [0.15, 0.2) is 0 Å². The normalized spacial score (nSPS) is 40.4. The average molecular weight is 223 g/mol. The zero-order valence-electron chi connectivity index (χ0n) is 10.5. The zero-order chi connectivity index (χ0) is 11.6. The Morgan fingerprint density at radius 3 is 2.94 bits per heavy atom. The van der Waals surface area contributed by atoms with Gasteiger partial charge in [-0.25, -0.2) is 0 Å². The van der Waals surface area contributed by atoms with Crippen LogP contribution in [0, 0.1) is 5.92 Å². The zero-order valence-corrected chi connectivity index (χ0v) is 10.5. The minimum atomic E-state index is -0.408. The fraction of sp³-hybridized carbons (Fsp3) is 0.857. The van der Waals surface area contributed by atoms with Crippen molar-refractivity contribution >= 4 is 0 Å². The molecule has 0 aromatic carbocycles. The van der Waals surface area contributed by atoms with Gasteiger partial charge in [-0.05, 0) is 38.1 Å². The third-order valence-electron chi connectivity index (χ3n) is 4.62. The van der Waals surface area contributed by atoms with E-state index in [1.165, 1.54) is 25.7 Å². The summed E-state index contributed by atoms with van der Waals surface area (Å²) in [5.74, 6) is 0.548. The monoisotopic (exact) mass is 223 g/mol. The molecule has 0 amide bonds. The third kappa shape index (κ3) is 1.93. The maximum Gasteiger partial charge on any atom is 0.0830 e. The van der Waals surface area contributed by atoms with E-state index in [2.05, 4.69) is 18.4 Å². The Balaban J connectivity index is 2.17. The molecule has 1 aliphatic carbocycles. The molecule has 2 heteroatoms. The number of nitrogens with zero attached hydrogens (tertiary/aromatic N) is 1. The fourth-order valence-corrected chi connectivity index (χ4v) is 3.88. The quantitative estimate of drug-likeness (QED) is 0.743. The van der Waals surface area contributed by atoms with Crippen LogP contribution in [0.5, 0.6) is 0 Å². The maximum absolute atomic E-state index is 11.0. The molecule has 2 aliphatic rings. The van der Waals surface area contributed by atoms with Crippen molar-refractivity contribution in [3.8, 4) is 0 Å². The third-order valence-corrected chi connectivity index (χ3v) is 4.62. The van der Waals surface area contributed by atoms with Crippen LogP contribution in [-0.4, -0.2) is 34.7 Å². The Hall–Kier alpha value is -0.340. The molecule has 0 bridgehead atoms. The van der Waals surface area contributed by atoms with Crippen LogP contribution in [0.1, 0.15) is 45.4 Å². The molecule has 0 aromatic rings. The van der Waals surface area contributed by atoms with E-state index in [9.17, 15) is 5.11 Å². The van der Waals surface area contributed by atoms with Crippen molar-refractivity contribution in [2.24, 2.45) is 5.92 Å². The van der Waals surface area contributed by atoms with Crippen LogP contribution < -0.4 is 0 Å². The topological polar surface area (TPSA) is 23.5 Å². The summed E-state index contributed by atoms with van der Waals surface area (Å²) in [7, 11) is 0. The number of aliphatic hydroxyl groups is 1. The molecule has 92 valence electrons. The Morgan fingerprint density at radius 1 is 1.44 bits per heavy atom. The number of piperidine rings is 1. The second-order valence-corrected chi connectivity index (χ2v) is 5.43. The van der Waals surface area contributed by atoms with Gasteiger partial charge in [0.1, 0.15) is 0 Å². The average Bonchev–Trinajstić information content (AvgIpc) is 2.28. The Bertz CT molecular complexity index is 253. The van der Waals surface area contributed by atoms with E-state index in [1.807, 2.05) is 6.08 Å². The van der Waals surface area contributed by atoms with Crippen molar-refractivity contribution in [2.45, 2.75) is 57.1 Å². The van der Waals surface area contributed by atoms with Gasteiger partial charge in [-0.3, -0.25) is 4.90 Å². The van der Waals surface area contributed by atoms with E-state index in [-0.39, 0.29) is 0 Å². The van der Waals surface area contributed by atoms with Gasteiger partial charge in [0.25, 0.3) is 0 Å². The summed E-state index contributed by atoms with van der Waals surface area (Å²) < 4.78 is 0. The largest absolute Gasteiger partial charge is 0.388 e. The highest BCUT2D eigenvalue weighted by Crippen LogP contribution is 2.44. The number of likely N-dealkylation sites (tertiary alicyclic amines) is 1. The molecule has 1 saturated carbocycles. The highest BCUT2D eigenvalue weighted by atomic mass is 16.3. The van der Waals surface area contributed by atoms with Gasteiger partial charge in [0, 0.05) is 12.6 Å². The molecule has 1 aliphatic heterocycles. The van der Waals surface area contributed by atoms with Gasteiger partial charge in [-0.2, -0.15) is 0 Å². The Kier molecular flexibility index (Phi) is 3.70. The lowest BCUT2D eigenvalue weighted by Gasteiger charge is -2.53. The molecule has 1 N–H and O–H groups in total. The molecule has 2 nitrogen and oxygen atoms in total. The first-order valence-electron chi connectivity index (χ1n) is 6.79. The van der Waals surface area contributed by atoms with Crippen LogP contribution in [-0.2, 0) is 0 Å². The lowest BCUT2D eigenvalue weighted by molar-refractivity contribution is -0.139. The number of fused-ring (bicyclic) bond motifs is 1. The molecule has 0 spiro atoms. The molecule has 16 heavy (non-hydrogen) atoms. The van der Waals surface area contributed by atoms with Gasteiger partial charge in [-0.15, -0.1) is 6.58 Å². The molecule has 3 atom stereocenters. The highest BCUT2D eigenvalue weighted by Gasteiger charge is 2.49. The Labute approximate surface area is 99.3 Å². The predicted octanol–water partition coefficient (Wildman–Crippen LogP) is 2.58. The lowest BCUT2D eigenvalue weighted by Crippen LogP contribution is -2.62. The van der Waals surface area contributed by atoms with Crippen molar-refractivity contribution in [1.29, 1.82) is 0 Å². The maximum atomic E-state index is 11.0. The molecule has 0 aromatic heterocycles. The summed E-state index contributed by atoms with van der Waals surface area (Å²) in [6.45, 7) is 8.09. The molecular formula is C14H25NO. The molecule has 2 fully saturated rings. The van der Waals surface area contributed by atoms with Crippen LogP contribution in [0.4, 0.5) is 0 Å². The summed E-state index contributed by atoms with van der Waals surface area (Å²) in [5.41, 5.74) is -0.408. The van der Waals surface area contributed by atoms with Gasteiger partial charge in [0.05, 0.1) is 5.60 Å². The summed E-state index contributed by atoms with van der Waals surface area (Å²) in [6.07, 6.45) is 8.94. The number of hydrogen-bond donors (Lipinski definition) is 1. The fourth-order valence-electron chi connectivity index (χ4n) is 3.88. The number of rotatable bonds is 3. The van der Waals surface area contributed by atoms with Gasteiger partial charge in [-0.1, -0.05) is 25.8 Å². The van der Waals surface area contributed by atoms with Crippen LogP contribution in [0.3, 0.4) is 0 Å². The van der Waals surface area contributed by atoms with Crippen LogP contribution in [0.15, 0.2) is 12.7 Å². The summed E-state index contributed by atoms with van der Waals surface area (Å²) >= 11 is 0. The van der Waals surface area contributed by atoms with E-state index < -0.39 is 5.60 Å². The van der Waals surface area contributed by atoms with Crippen molar-refractivity contribution in [3.63, 3.8) is 0 Å². The molecule has 1 saturated heterocycles. The second kappa shape index (κ2) is 4.89. The molecule has 2 rings (SSSR count). The summed E-state index contributed by atoms with van der Waals surface area (Å²) in [5, 5.41) is 11.0. The Morgan fingerprint density at radius 2 is 2.25 bits per heavy atom. The first kappa shape index (κ1) is 12.1. The standard InChI is InChI=1S/C14H25NO/c1-3-10-15-11-8-12-7-5-6-9-14(12,16)13(15)4-2/h3,12-13,16H,1,4-11H2,2H3. The molecular weight excluding hydrogens is 198 g/mol. The highest BCUT2D eigenvalue weighted by molar-refractivity contribution is 5.03. The van der Waals surface area contributed by atoms with E-state index in [4.69, 9.17) is 0 Å². The molecule has 3 unspecified atom stereocenters. The van der Waals surface area contributed by atoms with Crippen LogP contribution in [0.2, 0.25) is 0 Å². The molecule has 1 heterocycles. The first-order valence-corrected chi connectivity index (χ1v) is 6.79. The van der Waals surface area contributed by atoms with E-state index in [1.54, 1.807) is 0 Å². The summed E-state index contributed by atoms with van der Waals surface area (Å²) in [4.78, 5) is 2.43. The van der Waals surface area contributed by atoms with E-state index in [0.29, 0.717) is 12.0 Å². The smallest absolute Gasteiger partial charge is 0.0830 e. The lowest BCUT2D eigenvalue weighted by atomic mass is 9.66. The minimum Gasteiger partial charge on any atom is -0.388 e. The van der Waals surface area contributed by atoms with Gasteiger partial charge >= 0.3 is 0 Å². The van der Waals surface area contributed by atoms with Crippen molar-refractivity contribution < 1.29 is 5.11 Å². The van der Waals surface area contributed by atoms with Crippen LogP contribution in [0.25, 0.3) is 0 Å². The predicted molar refractivity (Wildman–Crippen MR) is 67.4 cm³/mol. The number of hydrogen-bond acceptors (Lipinski definition) is 2.